The minimum atomic E-state index is -0.353. The SMILES string of the molecule is COC(=O)C(Cc1cnc([Se][Se]c2ncc(CC(C(=O)OC)N(C)C)[nH]2)[nH]1)N(C)C. The molecule has 2 rings (SSSR count). The maximum absolute atomic E-state index is 11.9. The van der Waals surface area contributed by atoms with E-state index in [1.54, 1.807) is 12.4 Å². The molecule has 10 nitrogen and oxygen atoms in total. The Kier molecular flexibility index (Phi) is 9.54. The van der Waals surface area contributed by atoms with E-state index in [0.717, 1.165) is 20.8 Å². The Balaban J connectivity index is 1.93. The summed E-state index contributed by atoms with van der Waals surface area (Å²) in [5.41, 5.74) is 1.80. The van der Waals surface area contributed by atoms with Crippen LogP contribution in [0.25, 0.3) is 0 Å². The van der Waals surface area contributed by atoms with Gasteiger partial charge in [0.25, 0.3) is 0 Å². The molecular weight excluding hydrogens is 522 g/mol. The summed E-state index contributed by atoms with van der Waals surface area (Å²) < 4.78 is 11.6. The van der Waals surface area contributed by atoms with Crippen molar-refractivity contribution in [1.29, 1.82) is 0 Å². The number of nitrogens with one attached hydrogen (secondary N) is 2. The van der Waals surface area contributed by atoms with E-state index < -0.39 is 0 Å². The van der Waals surface area contributed by atoms with E-state index in [0.29, 0.717) is 12.8 Å². The number of hydrogen-bond donors (Lipinski definition) is 2. The summed E-state index contributed by atoms with van der Waals surface area (Å²) in [4.78, 5) is 43.0. The average Bonchev–Trinajstić information content (AvgIpc) is 3.36. The molecule has 0 aliphatic heterocycles. The van der Waals surface area contributed by atoms with E-state index in [9.17, 15) is 9.59 Å². The normalized spacial score (nSPS) is 13.5. The number of aromatic nitrogens is 4. The van der Waals surface area contributed by atoms with Crippen LogP contribution in [0.15, 0.2) is 12.4 Å². The summed E-state index contributed by atoms with van der Waals surface area (Å²) in [6.45, 7) is 0. The van der Waals surface area contributed by atoms with Gasteiger partial charge >= 0.3 is 188 Å². The van der Waals surface area contributed by atoms with Crippen molar-refractivity contribution in [3.05, 3.63) is 23.8 Å². The van der Waals surface area contributed by atoms with Crippen molar-refractivity contribution in [1.82, 2.24) is 29.7 Å². The van der Waals surface area contributed by atoms with Crippen molar-refractivity contribution < 1.29 is 19.1 Å². The maximum atomic E-state index is 11.9. The van der Waals surface area contributed by atoms with Crippen molar-refractivity contribution >= 4 is 47.6 Å². The molecular formula is C18H28N6O4Se2. The van der Waals surface area contributed by atoms with Crippen molar-refractivity contribution in [2.75, 3.05) is 42.4 Å². The first-order valence-corrected chi connectivity index (χ1v) is 15.2. The number of carbonyl (C=O) groups excluding carboxylic acids is 2. The van der Waals surface area contributed by atoms with E-state index in [1.165, 1.54) is 14.2 Å². The number of rotatable bonds is 11. The van der Waals surface area contributed by atoms with Gasteiger partial charge in [0.05, 0.1) is 0 Å². The standard InChI is InChI=1S/C18H28N6O4Se2/c1-23(2)13(15(25)27-5)7-11-9-19-17(21-11)29-30-18-20-10-12(22-18)8-14(24(3)4)16(26)28-6/h9-10,13-14H,7-8H2,1-6H3,(H,19,21)(H,20,22). The Labute approximate surface area is 187 Å². The van der Waals surface area contributed by atoms with Crippen LogP contribution in [0.2, 0.25) is 0 Å². The molecule has 0 aliphatic rings. The zero-order valence-corrected chi connectivity index (χ0v) is 21.4. The van der Waals surface area contributed by atoms with E-state index in [2.05, 4.69) is 19.9 Å². The molecule has 2 heterocycles. The van der Waals surface area contributed by atoms with Crippen LogP contribution in [0.4, 0.5) is 0 Å². The Bertz CT molecular complexity index is 770. The van der Waals surface area contributed by atoms with Gasteiger partial charge in [-0.2, -0.15) is 0 Å². The van der Waals surface area contributed by atoms with Gasteiger partial charge in [-0.25, -0.2) is 0 Å². The fraction of sp³-hybridized carbons (Fsp3) is 0.556. The van der Waals surface area contributed by atoms with Gasteiger partial charge in [0.2, 0.25) is 0 Å². The van der Waals surface area contributed by atoms with Gasteiger partial charge in [0.15, 0.2) is 0 Å². The van der Waals surface area contributed by atoms with Crippen LogP contribution >= 0.6 is 0 Å². The van der Waals surface area contributed by atoms with Crippen LogP contribution in [-0.2, 0) is 31.9 Å². The van der Waals surface area contributed by atoms with Gasteiger partial charge in [-0.05, 0) is 0 Å². The Morgan fingerprint density at radius 1 is 0.867 bits per heavy atom. The van der Waals surface area contributed by atoms with Gasteiger partial charge in [-0.15, -0.1) is 0 Å². The molecule has 166 valence electrons. The van der Waals surface area contributed by atoms with Crippen molar-refractivity contribution in [2.24, 2.45) is 0 Å². The van der Waals surface area contributed by atoms with Crippen molar-refractivity contribution in [2.45, 2.75) is 24.9 Å². The number of hydrogen-bond acceptors (Lipinski definition) is 8. The molecule has 2 aromatic rings. The molecule has 0 bridgehead atoms. The van der Waals surface area contributed by atoms with Crippen LogP contribution in [-0.4, -0.2) is 122 Å². The van der Waals surface area contributed by atoms with Crippen molar-refractivity contribution in [3.8, 4) is 0 Å². The minimum absolute atomic E-state index is 0.114. The number of esters is 2. The molecule has 0 saturated heterocycles. The summed E-state index contributed by atoms with van der Waals surface area (Å²) >= 11 is 0.227. The monoisotopic (exact) mass is 552 g/mol. The number of H-pyrrole nitrogens is 2. The summed E-state index contributed by atoms with van der Waals surface area (Å²) in [5, 5.41) is 0. The molecule has 0 fully saturated rings. The second kappa shape index (κ2) is 11.6. The van der Waals surface area contributed by atoms with Crippen LogP contribution in [0.1, 0.15) is 11.4 Å². The number of aromatic amines is 2. The third-order valence-electron chi connectivity index (χ3n) is 4.43. The number of imidazole rings is 2. The quantitative estimate of drug-likeness (QED) is 0.237. The number of likely N-dealkylation sites (N-methyl/N-ethyl adjacent to an activating group) is 2. The molecule has 12 heteroatoms. The summed E-state index contributed by atoms with van der Waals surface area (Å²) in [5.74, 6) is -0.533. The third-order valence-corrected chi connectivity index (χ3v) is 10.5. The second-order valence-electron chi connectivity index (χ2n) is 7.01. The van der Waals surface area contributed by atoms with Gasteiger partial charge in [-0.1, -0.05) is 0 Å². The fourth-order valence-electron chi connectivity index (χ4n) is 2.69. The molecule has 0 radical (unpaired) electrons. The Morgan fingerprint density at radius 2 is 1.23 bits per heavy atom. The Hall–Kier alpha value is -1.68. The predicted molar refractivity (Wildman–Crippen MR) is 114 cm³/mol. The van der Waals surface area contributed by atoms with Crippen LogP contribution in [0.5, 0.6) is 0 Å². The summed E-state index contributed by atoms with van der Waals surface area (Å²) in [6, 6.07) is -0.707. The molecule has 0 saturated carbocycles. The molecule has 0 aliphatic carbocycles. The van der Waals surface area contributed by atoms with Crippen molar-refractivity contribution in [3.63, 3.8) is 0 Å². The van der Waals surface area contributed by atoms with Gasteiger partial charge in [0.1, 0.15) is 0 Å². The molecule has 2 N–H and O–H groups in total. The van der Waals surface area contributed by atoms with E-state index in [4.69, 9.17) is 9.47 Å². The Morgan fingerprint density at radius 3 is 1.53 bits per heavy atom. The number of nitrogens with zero attached hydrogens (tertiary/aromatic N) is 4. The van der Waals surface area contributed by atoms with Crippen LogP contribution in [0, 0.1) is 0 Å². The van der Waals surface area contributed by atoms with E-state index >= 15 is 0 Å². The molecule has 0 spiro atoms. The fourth-order valence-corrected chi connectivity index (χ4v) is 7.72. The first-order valence-electron chi connectivity index (χ1n) is 9.16. The van der Waals surface area contributed by atoms with Crippen LogP contribution < -0.4 is 9.45 Å². The first-order chi connectivity index (χ1) is 14.2. The average molecular weight is 550 g/mol. The third kappa shape index (κ3) is 6.94. The number of ether oxygens (including phenoxy) is 2. The molecule has 30 heavy (non-hydrogen) atoms. The van der Waals surface area contributed by atoms with Gasteiger partial charge in [-0.3, -0.25) is 0 Å². The molecule has 0 amide bonds. The molecule has 2 unspecified atom stereocenters. The van der Waals surface area contributed by atoms with E-state index in [-0.39, 0.29) is 50.3 Å². The van der Waals surface area contributed by atoms with Gasteiger partial charge in [0, 0.05) is 0 Å². The predicted octanol–water partition coefficient (Wildman–Crippen LogP) is -2.30. The first kappa shape index (κ1) is 24.6. The zero-order chi connectivity index (χ0) is 22.3. The molecule has 2 aromatic heterocycles. The number of methoxy groups -OCH3 is 2. The van der Waals surface area contributed by atoms with E-state index in [1.807, 2.05) is 38.0 Å². The zero-order valence-electron chi connectivity index (χ0n) is 18.0. The summed E-state index contributed by atoms with van der Waals surface area (Å²) in [6.07, 6.45) is 4.58. The number of carbonyl (C=O) groups is 2. The molecule has 2 atom stereocenters. The topological polar surface area (TPSA) is 116 Å². The second-order valence-corrected chi connectivity index (χ2v) is 13.0. The van der Waals surface area contributed by atoms with Crippen LogP contribution in [0.3, 0.4) is 0 Å². The van der Waals surface area contributed by atoms with Gasteiger partial charge < -0.3 is 0 Å². The summed E-state index contributed by atoms with van der Waals surface area (Å²) in [7, 11) is 10.2. The molecule has 0 aromatic carbocycles.